The number of aliphatic imine (C=N–C) groups is 1. The fourth-order valence-electron chi connectivity index (χ4n) is 3.20. The summed E-state index contributed by atoms with van der Waals surface area (Å²) in [5, 5.41) is 10.1. The van der Waals surface area contributed by atoms with Crippen LogP contribution in [0.5, 0.6) is 0 Å². The van der Waals surface area contributed by atoms with Crippen LogP contribution in [0.1, 0.15) is 64.1 Å². The van der Waals surface area contributed by atoms with Crippen molar-refractivity contribution >= 4 is 17.3 Å². The number of hydrogen-bond acceptors (Lipinski definition) is 4. The summed E-state index contributed by atoms with van der Waals surface area (Å²) in [7, 11) is 0. The predicted molar refractivity (Wildman–Crippen MR) is 108 cm³/mol. The minimum Gasteiger partial charge on any atom is -0.357 e. The molecule has 0 spiro atoms. The first-order valence-electron chi connectivity index (χ1n) is 9.70. The van der Waals surface area contributed by atoms with Gasteiger partial charge in [0.1, 0.15) is 5.01 Å². The Hall–Kier alpha value is -1.14. The molecule has 0 aliphatic carbocycles. The molecule has 2 rings (SSSR count). The highest BCUT2D eigenvalue weighted by Gasteiger charge is 2.24. The zero-order chi connectivity index (χ0) is 18.2. The Morgan fingerprint density at radius 2 is 2.16 bits per heavy atom. The SMILES string of the molecule is CCNC(=NCc1nc(C(C)C)cs1)NC[C@H]1CCCN1CC(C)C. The first kappa shape index (κ1) is 20.2. The van der Waals surface area contributed by atoms with Gasteiger partial charge in [0.25, 0.3) is 0 Å². The van der Waals surface area contributed by atoms with Crippen molar-refractivity contribution in [3.8, 4) is 0 Å². The van der Waals surface area contributed by atoms with Crippen LogP contribution in [0.4, 0.5) is 0 Å². The molecule has 0 saturated carbocycles. The first-order chi connectivity index (χ1) is 12.0. The van der Waals surface area contributed by atoms with Crippen molar-refractivity contribution in [2.45, 2.75) is 66.0 Å². The van der Waals surface area contributed by atoms with Crippen LogP contribution in [0.2, 0.25) is 0 Å². The highest BCUT2D eigenvalue weighted by molar-refractivity contribution is 7.09. The van der Waals surface area contributed by atoms with Gasteiger partial charge >= 0.3 is 0 Å². The molecule has 6 heteroatoms. The molecule has 1 aromatic heterocycles. The maximum atomic E-state index is 4.73. The molecular formula is C19H35N5S. The van der Waals surface area contributed by atoms with Gasteiger partial charge in [0.05, 0.1) is 12.2 Å². The largest absolute Gasteiger partial charge is 0.357 e. The normalized spacial score (nSPS) is 19.2. The summed E-state index contributed by atoms with van der Waals surface area (Å²) in [6, 6.07) is 0.624. The molecule has 2 N–H and O–H groups in total. The number of likely N-dealkylation sites (tertiary alicyclic amines) is 1. The van der Waals surface area contributed by atoms with E-state index in [4.69, 9.17) is 4.99 Å². The molecular weight excluding hydrogens is 330 g/mol. The summed E-state index contributed by atoms with van der Waals surface area (Å²) in [4.78, 5) is 12.0. The van der Waals surface area contributed by atoms with Crippen LogP contribution in [0.25, 0.3) is 0 Å². The monoisotopic (exact) mass is 365 g/mol. The first-order valence-corrected chi connectivity index (χ1v) is 10.6. The Labute approximate surface area is 157 Å². The van der Waals surface area contributed by atoms with E-state index in [1.54, 1.807) is 11.3 Å². The highest BCUT2D eigenvalue weighted by atomic mass is 32.1. The van der Waals surface area contributed by atoms with Crippen LogP contribution in [0, 0.1) is 5.92 Å². The van der Waals surface area contributed by atoms with E-state index in [-0.39, 0.29) is 0 Å². The van der Waals surface area contributed by atoms with E-state index in [0.29, 0.717) is 18.5 Å². The van der Waals surface area contributed by atoms with Gasteiger partial charge in [0.2, 0.25) is 0 Å². The standard InChI is InChI=1S/C19H35N5S/c1-6-20-19(22-11-18-23-17(13-25-18)15(4)5)21-10-16-8-7-9-24(16)12-14(2)3/h13-16H,6-12H2,1-5H3,(H2,20,21,22)/t16-/m1/s1. The fourth-order valence-corrected chi connectivity index (χ4v) is 4.08. The van der Waals surface area contributed by atoms with Crippen molar-refractivity contribution in [3.63, 3.8) is 0 Å². The minimum absolute atomic E-state index is 0.481. The van der Waals surface area contributed by atoms with E-state index in [2.05, 4.69) is 60.5 Å². The van der Waals surface area contributed by atoms with Gasteiger partial charge in [-0.15, -0.1) is 11.3 Å². The number of nitrogens with one attached hydrogen (secondary N) is 2. The van der Waals surface area contributed by atoms with Crippen molar-refractivity contribution in [1.82, 2.24) is 20.5 Å². The number of guanidine groups is 1. The van der Waals surface area contributed by atoms with Crippen LogP contribution >= 0.6 is 11.3 Å². The van der Waals surface area contributed by atoms with Crippen molar-refractivity contribution in [2.24, 2.45) is 10.9 Å². The van der Waals surface area contributed by atoms with Crippen LogP contribution in [0.15, 0.2) is 10.4 Å². The molecule has 1 aliphatic rings. The summed E-state index contributed by atoms with van der Waals surface area (Å²) < 4.78 is 0. The summed E-state index contributed by atoms with van der Waals surface area (Å²) in [5.74, 6) is 2.11. The molecule has 5 nitrogen and oxygen atoms in total. The second-order valence-corrected chi connectivity index (χ2v) is 8.52. The van der Waals surface area contributed by atoms with Gasteiger partial charge < -0.3 is 10.6 Å². The lowest BCUT2D eigenvalue weighted by Gasteiger charge is -2.27. The summed E-state index contributed by atoms with van der Waals surface area (Å²) in [6.45, 7) is 16.0. The van der Waals surface area contributed by atoms with Gasteiger partial charge in [-0.3, -0.25) is 4.90 Å². The van der Waals surface area contributed by atoms with E-state index in [1.165, 1.54) is 31.6 Å². The van der Waals surface area contributed by atoms with Gasteiger partial charge in [0, 0.05) is 31.1 Å². The van der Waals surface area contributed by atoms with Gasteiger partial charge in [0.15, 0.2) is 5.96 Å². The van der Waals surface area contributed by atoms with E-state index >= 15 is 0 Å². The minimum atomic E-state index is 0.481. The van der Waals surface area contributed by atoms with Gasteiger partial charge in [-0.05, 0) is 38.1 Å². The summed E-state index contributed by atoms with van der Waals surface area (Å²) >= 11 is 1.71. The third kappa shape index (κ3) is 6.59. The molecule has 0 unspecified atom stereocenters. The summed E-state index contributed by atoms with van der Waals surface area (Å²) in [5.41, 5.74) is 1.17. The molecule has 2 heterocycles. The second-order valence-electron chi connectivity index (χ2n) is 7.58. The quantitative estimate of drug-likeness (QED) is 0.547. The predicted octanol–water partition coefficient (Wildman–Crippen LogP) is 3.44. The van der Waals surface area contributed by atoms with Crippen molar-refractivity contribution in [1.29, 1.82) is 0 Å². The van der Waals surface area contributed by atoms with Crippen LogP contribution in [-0.2, 0) is 6.54 Å². The Bertz CT molecular complexity index is 538. The number of thiazole rings is 1. The van der Waals surface area contributed by atoms with Gasteiger partial charge in [-0.1, -0.05) is 27.7 Å². The zero-order valence-electron chi connectivity index (χ0n) is 16.5. The molecule has 142 valence electrons. The van der Waals surface area contributed by atoms with E-state index < -0.39 is 0 Å². The summed E-state index contributed by atoms with van der Waals surface area (Å²) in [6.07, 6.45) is 2.59. The molecule has 1 fully saturated rings. The molecule has 0 aromatic carbocycles. The third-order valence-corrected chi connectivity index (χ3v) is 5.33. The Balaban J connectivity index is 1.88. The van der Waals surface area contributed by atoms with E-state index in [9.17, 15) is 0 Å². The molecule has 0 amide bonds. The molecule has 25 heavy (non-hydrogen) atoms. The lowest BCUT2D eigenvalue weighted by molar-refractivity contribution is 0.226. The Kier molecular flexibility index (Phi) is 8.16. The van der Waals surface area contributed by atoms with Crippen molar-refractivity contribution < 1.29 is 0 Å². The smallest absolute Gasteiger partial charge is 0.191 e. The number of hydrogen-bond donors (Lipinski definition) is 2. The number of aromatic nitrogens is 1. The molecule has 0 radical (unpaired) electrons. The molecule has 1 saturated heterocycles. The maximum absolute atomic E-state index is 4.73. The highest BCUT2D eigenvalue weighted by Crippen LogP contribution is 2.19. The van der Waals surface area contributed by atoms with E-state index in [0.717, 1.165) is 30.0 Å². The Morgan fingerprint density at radius 1 is 1.36 bits per heavy atom. The van der Waals surface area contributed by atoms with Crippen LogP contribution in [-0.4, -0.2) is 48.1 Å². The molecule has 0 bridgehead atoms. The van der Waals surface area contributed by atoms with Gasteiger partial charge in [-0.2, -0.15) is 0 Å². The van der Waals surface area contributed by atoms with Crippen molar-refractivity contribution in [3.05, 3.63) is 16.1 Å². The topological polar surface area (TPSA) is 52.6 Å². The number of rotatable bonds is 8. The number of nitrogens with zero attached hydrogens (tertiary/aromatic N) is 3. The maximum Gasteiger partial charge on any atom is 0.191 e. The lowest BCUT2D eigenvalue weighted by atomic mass is 10.1. The molecule has 1 aromatic rings. The van der Waals surface area contributed by atoms with Crippen molar-refractivity contribution in [2.75, 3.05) is 26.2 Å². The average Bonchev–Trinajstić information content (AvgIpc) is 3.19. The molecule has 1 atom stereocenters. The average molecular weight is 366 g/mol. The second kappa shape index (κ2) is 10.1. The molecule has 1 aliphatic heterocycles. The zero-order valence-corrected chi connectivity index (χ0v) is 17.3. The van der Waals surface area contributed by atoms with E-state index in [1.807, 2.05) is 0 Å². The van der Waals surface area contributed by atoms with Gasteiger partial charge in [-0.25, -0.2) is 9.98 Å². The Morgan fingerprint density at radius 3 is 2.80 bits per heavy atom. The third-order valence-electron chi connectivity index (χ3n) is 4.48. The lowest BCUT2D eigenvalue weighted by Crippen LogP contribution is -2.45. The van der Waals surface area contributed by atoms with Crippen LogP contribution in [0.3, 0.4) is 0 Å². The fraction of sp³-hybridized carbons (Fsp3) is 0.789. The van der Waals surface area contributed by atoms with Crippen LogP contribution < -0.4 is 10.6 Å².